The number of nitrogens with one attached hydrogen (secondary N) is 1. The average Bonchev–Trinajstić information content (AvgIpc) is 2.88. The number of hydrogen-bond donors (Lipinski definition) is 2. The monoisotopic (exact) mass is 280 g/mol. The molecule has 1 aliphatic rings. The van der Waals surface area contributed by atoms with Crippen LogP contribution in [0.1, 0.15) is 30.3 Å². The van der Waals surface area contributed by atoms with E-state index in [1.807, 2.05) is 0 Å². The van der Waals surface area contributed by atoms with Crippen molar-refractivity contribution in [1.29, 1.82) is 0 Å². The second-order valence-electron chi connectivity index (χ2n) is 4.91. The molecule has 0 aliphatic carbocycles. The van der Waals surface area contributed by atoms with Gasteiger partial charge in [0.05, 0.1) is 12.7 Å². The molecule has 0 bridgehead atoms. The molecule has 1 aromatic heterocycles. The summed E-state index contributed by atoms with van der Waals surface area (Å²) in [4.78, 5) is 25.0. The van der Waals surface area contributed by atoms with Crippen molar-refractivity contribution < 1.29 is 9.59 Å². The van der Waals surface area contributed by atoms with E-state index in [1.54, 1.807) is 22.7 Å². The van der Waals surface area contributed by atoms with Crippen LogP contribution in [0.2, 0.25) is 0 Å². The molecule has 2 rings (SSSR count). The molecular formula is C12H20N6O2. The third kappa shape index (κ3) is 3.53. The fourth-order valence-corrected chi connectivity index (χ4v) is 2.24. The molecular weight excluding hydrogens is 260 g/mol. The van der Waals surface area contributed by atoms with Crippen LogP contribution in [-0.2, 0) is 11.3 Å². The van der Waals surface area contributed by atoms with Gasteiger partial charge in [0.2, 0.25) is 5.91 Å². The molecule has 110 valence electrons. The number of nitrogens with zero attached hydrogens (tertiary/aromatic N) is 4. The highest BCUT2D eigenvalue weighted by molar-refractivity contribution is 5.92. The quantitative estimate of drug-likeness (QED) is 0.734. The molecule has 0 saturated carbocycles. The number of hydrogen-bond acceptors (Lipinski definition) is 5. The number of amides is 2. The first kappa shape index (κ1) is 14.4. The molecule has 0 aromatic carbocycles. The van der Waals surface area contributed by atoms with Gasteiger partial charge in [-0.25, -0.2) is 0 Å². The van der Waals surface area contributed by atoms with Crippen molar-refractivity contribution in [2.24, 2.45) is 5.73 Å². The lowest BCUT2D eigenvalue weighted by Gasteiger charge is -2.31. The standard InChI is InChI=1S/C12H20N6O2/c1-9(19)17-5-2-10(3-6-17)14-12(20)11-8-18(7-4-13)16-15-11/h8,10H,2-7,13H2,1H3,(H,14,20). The molecule has 1 aliphatic heterocycles. The van der Waals surface area contributed by atoms with E-state index in [-0.39, 0.29) is 17.9 Å². The highest BCUT2D eigenvalue weighted by Crippen LogP contribution is 2.10. The van der Waals surface area contributed by atoms with E-state index in [4.69, 9.17) is 5.73 Å². The summed E-state index contributed by atoms with van der Waals surface area (Å²) < 4.78 is 1.55. The first-order valence-electron chi connectivity index (χ1n) is 6.76. The fourth-order valence-electron chi connectivity index (χ4n) is 2.24. The number of carbonyl (C=O) groups is 2. The number of carbonyl (C=O) groups excluding carboxylic acids is 2. The van der Waals surface area contributed by atoms with Gasteiger partial charge in [0.25, 0.3) is 5.91 Å². The van der Waals surface area contributed by atoms with Crippen molar-refractivity contribution in [3.63, 3.8) is 0 Å². The summed E-state index contributed by atoms with van der Waals surface area (Å²) in [6, 6.07) is 0.0813. The number of piperidine rings is 1. The van der Waals surface area contributed by atoms with Gasteiger partial charge in [-0.2, -0.15) is 0 Å². The maximum absolute atomic E-state index is 12.0. The van der Waals surface area contributed by atoms with Crippen molar-refractivity contribution >= 4 is 11.8 Å². The van der Waals surface area contributed by atoms with E-state index in [9.17, 15) is 9.59 Å². The highest BCUT2D eigenvalue weighted by Gasteiger charge is 2.23. The van der Waals surface area contributed by atoms with E-state index in [0.29, 0.717) is 31.9 Å². The maximum atomic E-state index is 12.0. The zero-order chi connectivity index (χ0) is 14.5. The van der Waals surface area contributed by atoms with Crippen molar-refractivity contribution in [2.45, 2.75) is 32.4 Å². The summed E-state index contributed by atoms with van der Waals surface area (Å²) in [5.74, 6) is -0.144. The molecule has 0 radical (unpaired) electrons. The normalized spacial score (nSPS) is 16.2. The van der Waals surface area contributed by atoms with Gasteiger partial charge in [-0.05, 0) is 12.8 Å². The topological polar surface area (TPSA) is 106 Å². The molecule has 20 heavy (non-hydrogen) atoms. The van der Waals surface area contributed by atoms with Gasteiger partial charge in [-0.15, -0.1) is 5.10 Å². The van der Waals surface area contributed by atoms with Crippen LogP contribution in [0.15, 0.2) is 6.20 Å². The van der Waals surface area contributed by atoms with E-state index < -0.39 is 0 Å². The predicted molar refractivity (Wildman–Crippen MR) is 71.8 cm³/mol. The van der Waals surface area contributed by atoms with Crippen molar-refractivity contribution in [3.8, 4) is 0 Å². The minimum Gasteiger partial charge on any atom is -0.348 e. The second kappa shape index (κ2) is 6.47. The van der Waals surface area contributed by atoms with E-state index in [1.165, 1.54) is 0 Å². The van der Waals surface area contributed by atoms with Gasteiger partial charge < -0.3 is 16.0 Å². The van der Waals surface area contributed by atoms with Crippen molar-refractivity contribution in [1.82, 2.24) is 25.2 Å². The van der Waals surface area contributed by atoms with Crippen LogP contribution in [0.25, 0.3) is 0 Å². The Morgan fingerprint density at radius 3 is 2.75 bits per heavy atom. The minimum atomic E-state index is -0.227. The summed E-state index contributed by atoms with van der Waals surface area (Å²) in [5, 5.41) is 10.6. The SMILES string of the molecule is CC(=O)N1CCC(NC(=O)c2cn(CCN)nn2)CC1. The van der Waals surface area contributed by atoms with Gasteiger partial charge in [-0.3, -0.25) is 14.3 Å². The average molecular weight is 280 g/mol. The smallest absolute Gasteiger partial charge is 0.273 e. The van der Waals surface area contributed by atoms with Crippen LogP contribution >= 0.6 is 0 Å². The summed E-state index contributed by atoms with van der Waals surface area (Å²) in [6.07, 6.45) is 3.12. The van der Waals surface area contributed by atoms with Crippen LogP contribution in [-0.4, -0.2) is 57.4 Å². The zero-order valence-electron chi connectivity index (χ0n) is 11.6. The Bertz CT molecular complexity index is 478. The molecule has 3 N–H and O–H groups in total. The Hall–Kier alpha value is -1.96. The Balaban J connectivity index is 1.84. The van der Waals surface area contributed by atoms with Gasteiger partial charge in [-0.1, -0.05) is 5.21 Å². The molecule has 8 heteroatoms. The highest BCUT2D eigenvalue weighted by atomic mass is 16.2. The van der Waals surface area contributed by atoms with Crippen LogP contribution in [0.3, 0.4) is 0 Å². The summed E-state index contributed by atoms with van der Waals surface area (Å²) in [5.41, 5.74) is 5.71. The summed E-state index contributed by atoms with van der Waals surface area (Å²) in [6.45, 7) is 3.92. The Morgan fingerprint density at radius 2 is 2.15 bits per heavy atom. The van der Waals surface area contributed by atoms with Crippen molar-refractivity contribution in [2.75, 3.05) is 19.6 Å². The predicted octanol–water partition coefficient (Wildman–Crippen LogP) is -1.02. The molecule has 1 saturated heterocycles. The number of likely N-dealkylation sites (tertiary alicyclic amines) is 1. The summed E-state index contributed by atoms with van der Waals surface area (Å²) >= 11 is 0. The number of aromatic nitrogens is 3. The third-order valence-corrected chi connectivity index (χ3v) is 3.40. The first-order chi connectivity index (χ1) is 9.60. The molecule has 0 unspecified atom stereocenters. The van der Waals surface area contributed by atoms with Crippen LogP contribution in [0, 0.1) is 0 Å². The lowest BCUT2D eigenvalue weighted by molar-refractivity contribution is -0.129. The van der Waals surface area contributed by atoms with Crippen LogP contribution < -0.4 is 11.1 Å². The maximum Gasteiger partial charge on any atom is 0.273 e. The Morgan fingerprint density at radius 1 is 1.45 bits per heavy atom. The molecule has 1 aromatic rings. The van der Waals surface area contributed by atoms with Gasteiger partial charge in [0.1, 0.15) is 0 Å². The molecule has 0 atom stereocenters. The van der Waals surface area contributed by atoms with Crippen LogP contribution in [0.4, 0.5) is 0 Å². The molecule has 0 spiro atoms. The van der Waals surface area contributed by atoms with Gasteiger partial charge in [0.15, 0.2) is 5.69 Å². The molecule has 2 amide bonds. The minimum absolute atomic E-state index is 0.0813. The Labute approximate surface area is 117 Å². The summed E-state index contributed by atoms with van der Waals surface area (Å²) in [7, 11) is 0. The van der Waals surface area contributed by atoms with E-state index in [0.717, 1.165) is 12.8 Å². The zero-order valence-corrected chi connectivity index (χ0v) is 11.6. The van der Waals surface area contributed by atoms with Gasteiger partial charge >= 0.3 is 0 Å². The van der Waals surface area contributed by atoms with E-state index >= 15 is 0 Å². The molecule has 1 fully saturated rings. The first-order valence-corrected chi connectivity index (χ1v) is 6.76. The largest absolute Gasteiger partial charge is 0.348 e. The number of rotatable bonds is 4. The third-order valence-electron chi connectivity index (χ3n) is 3.40. The fraction of sp³-hybridized carbons (Fsp3) is 0.667. The molecule has 2 heterocycles. The second-order valence-corrected chi connectivity index (χ2v) is 4.91. The van der Waals surface area contributed by atoms with Gasteiger partial charge in [0, 0.05) is 32.6 Å². The Kier molecular flexibility index (Phi) is 4.67. The lowest BCUT2D eigenvalue weighted by Crippen LogP contribution is -2.46. The number of nitrogens with two attached hydrogens (primary N) is 1. The van der Waals surface area contributed by atoms with Crippen molar-refractivity contribution in [3.05, 3.63) is 11.9 Å². The molecule has 8 nitrogen and oxygen atoms in total. The lowest BCUT2D eigenvalue weighted by atomic mass is 10.0. The van der Waals surface area contributed by atoms with E-state index in [2.05, 4.69) is 15.6 Å². The van der Waals surface area contributed by atoms with Crippen LogP contribution in [0.5, 0.6) is 0 Å².